The van der Waals surface area contributed by atoms with Crippen LogP contribution in [0.25, 0.3) is 0 Å². The fourth-order valence-corrected chi connectivity index (χ4v) is 5.22. The van der Waals surface area contributed by atoms with Crippen molar-refractivity contribution in [3.05, 3.63) is 53.6 Å². The number of hydrogen-bond acceptors (Lipinski definition) is 4. The summed E-state index contributed by atoms with van der Waals surface area (Å²) in [4.78, 5) is 45.1. The van der Waals surface area contributed by atoms with Crippen molar-refractivity contribution in [3.63, 3.8) is 0 Å². The molecule has 2 aromatic rings. The molecule has 3 aliphatic rings. The summed E-state index contributed by atoms with van der Waals surface area (Å²) in [7, 11) is 0. The molecular weight excluding hydrogens is 416 g/mol. The molecule has 3 aliphatic heterocycles. The van der Waals surface area contributed by atoms with Gasteiger partial charge in [-0.25, -0.2) is 0 Å². The van der Waals surface area contributed by atoms with Crippen LogP contribution in [0.5, 0.6) is 0 Å². The monoisotopic (exact) mass is 446 g/mol. The highest BCUT2D eigenvalue weighted by Gasteiger charge is 2.40. The van der Waals surface area contributed by atoms with Crippen LogP contribution in [0.15, 0.2) is 42.5 Å². The molecule has 0 spiro atoms. The first kappa shape index (κ1) is 21.5. The van der Waals surface area contributed by atoms with E-state index in [9.17, 15) is 14.4 Å². The van der Waals surface area contributed by atoms with E-state index in [4.69, 9.17) is 0 Å². The maximum absolute atomic E-state index is 13.5. The summed E-state index contributed by atoms with van der Waals surface area (Å²) in [5.41, 5.74) is 3.92. The minimum absolute atomic E-state index is 0.00678. The Hall–Kier alpha value is -3.35. The molecule has 3 amide bonds. The van der Waals surface area contributed by atoms with Gasteiger partial charge in [0.25, 0.3) is 5.91 Å². The van der Waals surface area contributed by atoms with E-state index >= 15 is 0 Å². The number of carbonyl (C=O) groups excluding carboxylic acids is 3. The van der Waals surface area contributed by atoms with Crippen LogP contribution in [-0.2, 0) is 9.59 Å². The number of hydrogen-bond donors (Lipinski definition) is 1. The SMILES string of the molecule is Cc1cccc(NC(=O)CN2C(=O)[C@H]3CCCCN3c3ccc(C(=O)N4CCCC4)cc32)c1. The molecule has 1 atom stereocenters. The van der Waals surface area contributed by atoms with E-state index < -0.39 is 0 Å². The third kappa shape index (κ3) is 4.19. The molecular formula is C26H30N4O3. The number of nitrogens with zero attached hydrogens (tertiary/aromatic N) is 3. The Balaban J connectivity index is 1.46. The lowest BCUT2D eigenvalue weighted by Crippen LogP contribution is -2.56. The normalized spacial score (nSPS) is 19.8. The van der Waals surface area contributed by atoms with Gasteiger partial charge in [-0.15, -0.1) is 0 Å². The predicted molar refractivity (Wildman–Crippen MR) is 129 cm³/mol. The van der Waals surface area contributed by atoms with E-state index in [2.05, 4.69) is 10.2 Å². The first-order chi connectivity index (χ1) is 16.0. The second-order valence-corrected chi connectivity index (χ2v) is 9.25. The summed E-state index contributed by atoms with van der Waals surface area (Å²) >= 11 is 0. The number of nitrogens with one attached hydrogen (secondary N) is 1. The zero-order valence-electron chi connectivity index (χ0n) is 19.0. The molecule has 33 heavy (non-hydrogen) atoms. The Morgan fingerprint density at radius 3 is 2.55 bits per heavy atom. The summed E-state index contributed by atoms with van der Waals surface area (Å²) in [5.74, 6) is -0.319. The Labute approximate surface area is 194 Å². The molecule has 2 saturated heterocycles. The van der Waals surface area contributed by atoms with Crippen molar-refractivity contribution >= 4 is 34.8 Å². The second kappa shape index (κ2) is 8.89. The minimum atomic E-state index is -0.252. The molecule has 2 fully saturated rings. The summed E-state index contributed by atoms with van der Waals surface area (Å²) in [6, 6.07) is 13.0. The number of fused-ring (bicyclic) bond motifs is 3. The van der Waals surface area contributed by atoms with Gasteiger partial charge in [0.05, 0.1) is 11.4 Å². The first-order valence-corrected chi connectivity index (χ1v) is 11.9. The standard InChI is InChI=1S/C26H30N4O3/c1-18-7-6-8-20(15-18)27-24(31)17-30-23-16-19(25(32)28-12-4-5-13-28)10-11-21(23)29-14-3-2-9-22(29)26(30)33/h6-8,10-11,15-16,22H,2-5,9,12-14,17H2,1H3,(H,27,31)/t22-/m1/s1. The number of benzene rings is 2. The molecule has 7 nitrogen and oxygen atoms in total. The van der Waals surface area contributed by atoms with Crippen molar-refractivity contribution in [1.82, 2.24) is 4.90 Å². The molecule has 7 heteroatoms. The van der Waals surface area contributed by atoms with Crippen molar-refractivity contribution in [2.75, 3.05) is 41.3 Å². The molecule has 3 heterocycles. The van der Waals surface area contributed by atoms with Gasteiger partial charge in [0.1, 0.15) is 12.6 Å². The van der Waals surface area contributed by atoms with E-state index in [1.165, 1.54) is 0 Å². The Morgan fingerprint density at radius 1 is 0.970 bits per heavy atom. The first-order valence-electron chi connectivity index (χ1n) is 11.9. The quantitative estimate of drug-likeness (QED) is 0.779. The molecule has 5 rings (SSSR count). The van der Waals surface area contributed by atoms with Crippen molar-refractivity contribution in [3.8, 4) is 0 Å². The Bertz CT molecular complexity index is 1090. The van der Waals surface area contributed by atoms with Crippen molar-refractivity contribution in [2.45, 2.75) is 45.1 Å². The van der Waals surface area contributed by atoms with Crippen molar-refractivity contribution < 1.29 is 14.4 Å². The fraction of sp³-hybridized carbons (Fsp3) is 0.423. The van der Waals surface area contributed by atoms with E-state index in [0.717, 1.165) is 63.0 Å². The summed E-state index contributed by atoms with van der Waals surface area (Å²) in [5, 5.41) is 2.91. The number of carbonyl (C=O) groups is 3. The van der Waals surface area contributed by atoms with Crippen LogP contribution < -0.4 is 15.1 Å². The molecule has 0 saturated carbocycles. The molecule has 0 unspecified atom stereocenters. The van der Waals surface area contributed by atoms with Crippen LogP contribution in [0.2, 0.25) is 0 Å². The summed E-state index contributed by atoms with van der Waals surface area (Å²) < 4.78 is 0. The third-order valence-corrected chi connectivity index (χ3v) is 6.87. The zero-order chi connectivity index (χ0) is 22.9. The Kier molecular flexibility index (Phi) is 5.79. The summed E-state index contributed by atoms with van der Waals surface area (Å²) in [6.45, 7) is 4.24. The largest absolute Gasteiger partial charge is 0.358 e. The molecule has 1 N–H and O–H groups in total. The third-order valence-electron chi connectivity index (χ3n) is 6.87. The van der Waals surface area contributed by atoms with E-state index in [1.54, 1.807) is 11.0 Å². The number of rotatable bonds is 4. The lowest BCUT2D eigenvalue weighted by Gasteiger charge is -2.45. The van der Waals surface area contributed by atoms with Gasteiger partial charge >= 0.3 is 0 Å². The highest BCUT2D eigenvalue weighted by atomic mass is 16.2. The lowest BCUT2D eigenvalue weighted by molar-refractivity contribution is -0.123. The topological polar surface area (TPSA) is 73.0 Å². The Morgan fingerprint density at radius 2 is 1.76 bits per heavy atom. The van der Waals surface area contributed by atoms with Gasteiger partial charge in [-0.3, -0.25) is 19.3 Å². The molecule has 2 aromatic carbocycles. The predicted octanol–water partition coefficient (Wildman–Crippen LogP) is 3.58. The molecule has 0 radical (unpaired) electrons. The maximum Gasteiger partial charge on any atom is 0.253 e. The van der Waals surface area contributed by atoms with Crippen LogP contribution in [0, 0.1) is 6.92 Å². The molecule has 172 valence electrons. The van der Waals surface area contributed by atoms with E-state index in [0.29, 0.717) is 16.9 Å². The molecule has 0 aromatic heterocycles. The summed E-state index contributed by atoms with van der Waals surface area (Å²) in [6.07, 6.45) is 4.86. The fourth-order valence-electron chi connectivity index (χ4n) is 5.22. The number of amides is 3. The van der Waals surface area contributed by atoms with Crippen LogP contribution in [0.3, 0.4) is 0 Å². The van der Waals surface area contributed by atoms with Crippen LogP contribution in [-0.4, -0.2) is 54.8 Å². The lowest BCUT2D eigenvalue weighted by atomic mass is 9.95. The van der Waals surface area contributed by atoms with Crippen LogP contribution >= 0.6 is 0 Å². The van der Waals surface area contributed by atoms with Gasteiger partial charge in [0.15, 0.2) is 0 Å². The number of aryl methyl sites for hydroxylation is 1. The molecule has 0 aliphatic carbocycles. The van der Waals surface area contributed by atoms with Gasteiger partial charge in [0.2, 0.25) is 11.8 Å². The van der Waals surface area contributed by atoms with E-state index in [-0.39, 0.29) is 30.3 Å². The highest BCUT2D eigenvalue weighted by molar-refractivity contribution is 6.11. The number of anilines is 3. The van der Waals surface area contributed by atoms with Crippen LogP contribution in [0.1, 0.15) is 48.0 Å². The smallest absolute Gasteiger partial charge is 0.253 e. The van der Waals surface area contributed by atoms with Crippen molar-refractivity contribution in [1.29, 1.82) is 0 Å². The van der Waals surface area contributed by atoms with Gasteiger partial charge in [-0.1, -0.05) is 12.1 Å². The van der Waals surface area contributed by atoms with E-state index in [1.807, 2.05) is 48.2 Å². The highest BCUT2D eigenvalue weighted by Crippen LogP contribution is 2.40. The number of piperidine rings is 1. The molecule has 0 bridgehead atoms. The van der Waals surface area contributed by atoms with Gasteiger partial charge in [-0.2, -0.15) is 0 Å². The van der Waals surface area contributed by atoms with Crippen LogP contribution in [0.4, 0.5) is 17.1 Å². The van der Waals surface area contributed by atoms with Crippen molar-refractivity contribution in [2.24, 2.45) is 0 Å². The van der Waals surface area contributed by atoms with Gasteiger partial charge in [0, 0.05) is 30.9 Å². The minimum Gasteiger partial charge on any atom is -0.358 e. The van der Waals surface area contributed by atoms with Gasteiger partial charge < -0.3 is 15.1 Å². The maximum atomic E-state index is 13.5. The second-order valence-electron chi connectivity index (χ2n) is 9.25. The van der Waals surface area contributed by atoms with Gasteiger partial charge in [-0.05, 0) is 74.9 Å². The number of likely N-dealkylation sites (tertiary alicyclic amines) is 1. The zero-order valence-corrected chi connectivity index (χ0v) is 19.0. The average Bonchev–Trinajstić information content (AvgIpc) is 3.36. The average molecular weight is 447 g/mol.